The van der Waals surface area contributed by atoms with Gasteiger partial charge in [0.15, 0.2) is 0 Å². The Morgan fingerprint density at radius 3 is 2.03 bits per heavy atom. The van der Waals surface area contributed by atoms with Crippen LogP contribution in [0.1, 0.15) is 53.0 Å². The van der Waals surface area contributed by atoms with Crippen LogP contribution in [-0.4, -0.2) is 66.2 Å². The molecule has 0 radical (unpaired) electrons. The molecule has 0 unspecified atom stereocenters. The minimum atomic E-state index is -2.64. The van der Waals surface area contributed by atoms with E-state index in [4.69, 9.17) is 9.47 Å². The number of halogens is 2. The van der Waals surface area contributed by atoms with Crippen LogP contribution >= 0.6 is 11.8 Å². The van der Waals surface area contributed by atoms with Gasteiger partial charge in [0, 0.05) is 12.2 Å². The number of rotatable bonds is 14. The highest BCUT2D eigenvalue weighted by molar-refractivity contribution is 7.99. The van der Waals surface area contributed by atoms with Crippen LogP contribution in [0.2, 0.25) is 0 Å². The third-order valence-electron chi connectivity index (χ3n) is 5.08. The van der Waals surface area contributed by atoms with Crippen molar-refractivity contribution < 1.29 is 37.4 Å². The number of hydrogen-bond acceptors (Lipinski definition) is 7. The van der Waals surface area contributed by atoms with Gasteiger partial charge < -0.3 is 25.4 Å². The minimum Gasteiger partial charge on any atom is -0.467 e. The molecule has 3 atom stereocenters. The monoisotopic (exact) mass is 559 g/mol. The van der Waals surface area contributed by atoms with Crippen LogP contribution in [0.4, 0.5) is 13.6 Å². The van der Waals surface area contributed by atoms with Gasteiger partial charge in [-0.05, 0) is 45.1 Å². The summed E-state index contributed by atoms with van der Waals surface area (Å²) in [6, 6.07) is 5.76. The molecule has 0 heterocycles. The Balaban J connectivity index is 3.05. The van der Waals surface area contributed by atoms with Gasteiger partial charge in [-0.15, -0.1) is 0 Å². The zero-order valence-corrected chi connectivity index (χ0v) is 23.5. The van der Waals surface area contributed by atoms with Gasteiger partial charge in [-0.25, -0.2) is 9.59 Å². The molecule has 38 heavy (non-hydrogen) atoms. The maximum Gasteiger partial charge on any atom is 0.408 e. The van der Waals surface area contributed by atoms with Crippen LogP contribution in [-0.2, 0) is 30.3 Å². The van der Waals surface area contributed by atoms with Crippen molar-refractivity contribution in [3.05, 3.63) is 35.9 Å². The standard InChI is InChI=1S/C26H39F2N3O6S/c1-16(2)14-19(22(33)30-20(23(34)36-6)15-17-10-8-7-9-11-17)29-21(32)18(12-13-38-24(27)28)31-25(35)37-26(3,4)5/h7-11,16,18-20,24H,12-15H2,1-6H3,(H,29,32)(H,30,33)(H,31,35)/t18-,19-,20-/m0/s1. The second kappa shape index (κ2) is 16.2. The summed E-state index contributed by atoms with van der Waals surface area (Å²) >= 11 is 0.332. The van der Waals surface area contributed by atoms with E-state index < -0.39 is 53.4 Å². The lowest BCUT2D eigenvalue weighted by atomic mass is 10.0. The van der Waals surface area contributed by atoms with E-state index in [2.05, 4.69) is 16.0 Å². The Kier molecular flexibility index (Phi) is 14.1. The van der Waals surface area contributed by atoms with Gasteiger partial charge in [0.05, 0.1) is 7.11 Å². The van der Waals surface area contributed by atoms with Gasteiger partial charge >= 0.3 is 12.1 Å². The van der Waals surface area contributed by atoms with E-state index in [9.17, 15) is 28.0 Å². The highest BCUT2D eigenvalue weighted by Crippen LogP contribution is 2.16. The topological polar surface area (TPSA) is 123 Å². The number of nitrogens with one attached hydrogen (secondary N) is 3. The van der Waals surface area contributed by atoms with Crippen molar-refractivity contribution in [2.24, 2.45) is 5.92 Å². The van der Waals surface area contributed by atoms with E-state index >= 15 is 0 Å². The average molecular weight is 560 g/mol. The van der Waals surface area contributed by atoms with Crippen molar-refractivity contribution in [1.29, 1.82) is 0 Å². The first-order valence-corrected chi connectivity index (χ1v) is 13.4. The summed E-state index contributed by atoms with van der Waals surface area (Å²) in [5.74, 6) is -4.78. The zero-order chi connectivity index (χ0) is 28.9. The molecule has 1 rings (SSSR count). The van der Waals surface area contributed by atoms with Gasteiger partial charge in [-0.2, -0.15) is 8.78 Å². The van der Waals surface area contributed by atoms with Gasteiger partial charge in [-0.1, -0.05) is 55.9 Å². The summed E-state index contributed by atoms with van der Waals surface area (Å²) in [6.45, 7) is 8.63. The number of alkyl halides is 2. The summed E-state index contributed by atoms with van der Waals surface area (Å²) < 4.78 is 35.4. The number of hydrogen-bond donors (Lipinski definition) is 3. The number of alkyl carbamates (subject to hydrolysis) is 1. The molecule has 3 N–H and O–H groups in total. The lowest BCUT2D eigenvalue weighted by molar-refractivity contribution is -0.145. The summed E-state index contributed by atoms with van der Waals surface area (Å²) in [5, 5.41) is 7.67. The number of carbonyl (C=O) groups excluding carboxylic acids is 4. The number of amides is 3. The van der Waals surface area contributed by atoms with Crippen molar-refractivity contribution in [1.82, 2.24) is 16.0 Å². The Labute approximate surface area is 227 Å². The first-order valence-electron chi connectivity index (χ1n) is 12.3. The van der Waals surface area contributed by atoms with E-state index in [1.165, 1.54) is 7.11 Å². The number of esters is 1. The predicted molar refractivity (Wildman–Crippen MR) is 142 cm³/mol. The van der Waals surface area contributed by atoms with Gasteiger partial charge in [-0.3, -0.25) is 9.59 Å². The molecule has 0 saturated heterocycles. The molecule has 0 aliphatic carbocycles. The SMILES string of the molecule is COC(=O)[C@H](Cc1ccccc1)NC(=O)[C@H](CC(C)C)NC(=O)[C@H](CCSC(F)F)NC(=O)OC(C)(C)C. The molecular weight excluding hydrogens is 520 g/mol. The fourth-order valence-corrected chi connectivity index (χ4v) is 3.98. The fraction of sp³-hybridized carbons (Fsp3) is 0.615. The normalized spacial score (nSPS) is 13.8. The molecule has 0 spiro atoms. The maximum atomic E-state index is 13.2. The van der Waals surface area contributed by atoms with Crippen molar-refractivity contribution >= 4 is 35.6 Å². The van der Waals surface area contributed by atoms with E-state index in [0.29, 0.717) is 11.8 Å². The van der Waals surface area contributed by atoms with E-state index in [-0.39, 0.29) is 30.9 Å². The van der Waals surface area contributed by atoms with Crippen LogP contribution in [0.15, 0.2) is 30.3 Å². The van der Waals surface area contributed by atoms with Crippen LogP contribution in [0.5, 0.6) is 0 Å². The summed E-state index contributed by atoms with van der Waals surface area (Å²) in [6.07, 6.45) is -0.607. The molecule has 3 amide bonds. The lowest BCUT2D eigenvalue weighted by Crippen LogP contribution is -2.56. The van der Waals surface area contributed by atoms with Crippen molar-refractivity contribution in [3.63, 3.8) is 0 Å². The van der Waals surface area contributed by atoms with E-state index in [1.54, 1.807) is 45.0 Å². The Morgan fingerprint density at radius 1 is 0.921 bits per heavy atom. The molecule has 0 aliphatic heterocycles. The molecule has 9 nitrogen and oxygen atoms in total. The molecule has 1 aromatic rings. The smallest absolute Gasteiger partial charge is 0.408 e. The third kappa shape index (κ3) is 13.6. The lowest BCUT2D eigenvalue weighted by Gasteiger charge is -2.27. The van der Waals surface area contributed by atoms with Crippen LogP contribution in [0.3, 0.4) is 0 Å². The molecule has 12 heteroatoms. The van der Waals surface area contributed by atoms with Crippen molar-refractivity contribution in [2.45, 2.75) is 83.4 Å². The first kappa shape index (κ1) is 33.1. The van der Waals surface area contributed by atoms with Crippen molar-refractivity contribution in [3.8, 4) is 0 Å². The Hall–Kier alpha value is -2.89. The average Bonchev–Trinajstić information content (AvgIpc) is 2.80. The summed E-state index contributed by atoms with van der Waals surface area (Å²) in [7, 11) is 1.21. The van der Waals surface area contributed by atoms with Crippen LogP contribution < -0.4 is 16.0 Å². The molecule has 214 valence electrons. The third-order valence-corrected chi connectivity index (χ3v) is 5.81. The van der Waals surface area contributed by atoms with Gasteiger partial charge in [0.25, 0.3) is 5.76 Å². The van der Waals surface area contributed by atoms with E-state index in [0.717, 1.165) is 5.56 Å². The molecule has 0 saturated carbocycles. The zero-order valence-electron chi connectivity index (χ0n) is 22.7. The molecular formula is C26H39F2N3O6S. The van der Waals surface area contributed by atoms with Crippen LogP contribution in [0, 0.1) is 5.92 Å². The second-order valence-corrected chi connectivity index (χ2v) is 11.2. The maximum absolute atomic E-state index is 13.2. The Morgan fingerprint density at radius 2 is 1.50 bits per heavy atom. The summed E-state index contributed by atoms with van der Waals surface area (Å²) in [5.41, 5.74) is -0.0457. The Bertz CT molecular complexity index is 912. The highest BCUT2D eigenvalue weighted by Gasteiger charge is 2.31. The number of benzene rings is 1. The van der Waals surface area contributed by atoms with Gasteiger partial charge in [0.1, 0.15) is 23.7 Å². The predicted octanol–water partition coefficient (Wildman–Crippen LogP) is 3.66. The minimum absolute atomic E-state index is 0.0246. The molecule has 1 aromatic carbocycles. The molecule has 0 fully saturated rings. The number of methoxy groups -OCH3 is 1. The molecule has 0 aliphatic rings. The number of thioether (sulfide) groups is 1. The van der Waals surface area contributed by atoms with E-state index in [1.807, 2.05) is 19.9 Å². The largest absolute Gasteiger partial charge is 0.467 e. The van der Waals surface area contributed by atoms with Crippen molar-refractivity contribution in [2.75, 3.05) is 12.9 Å². The number of ether oxygens (including phenoxy) is 2. The summed E-state index contributed by atoms with van der Waals surface area (Å²) in [4.78, 5) is 51.0. The molecule has 0 aromatic heterocycles. The fourth-order valence-electron chi connectivity index (χ4n) is 3.43. The first-order chi connectivity index (χ1) is 17.7. The number of carbonyl (C=O) groups is 4. The second-order valence-electron chi connectivity index (χ2n) is 10.1. The highest BCUT2D eigenvalue weighted by atomic mass is 32.2. The quantitative estimate of drug-likeness (QED) is 0.297. The van der Waals surface area contributed by atoms with Gasteiger partial charge in [0.2, 0.25) is 11.8 Å². The molecule has 0 bridgehead atoms. The van der Waals surface area contributed by atoms with Crippen LogP contribution in [0.25, 0.3) is 0 Å².